The second-order valence-electron chi connectivity index (χ2n) is 3.58. The van der Waals surface area contributed by atoms with Crippen LogP contribution in [0.2, 0.25) is 0 Å². The van der Waals surface area contributed by atoms with Crippen LogP contribution in [0.25, 0.3) is 0 Å². The third-order valence-corrected chi connectivity index (χ3v) is 2.71. The molecule has 0 aliphatic heterocycles. The van der Waals surface area contributed by atoms with Crippen molar-refractivity contribution in [2.24, 2.45) is 0 Å². The van der Waals surface area contributed by atoms with Crippen LogP contribution in [0, 0.1) is 5.82 Å². The zero-order valence-electron chi connectivity index (χ0n) is 8.71. The number of benzene rings is 1. The fourth-order valence-electron chi connectivity index (χ4n) is 1.51. The van der Waals surface area contributed by atoms with E-state index in [0.29, 0.717) is 15.6 Å². The van der Waals surface area contributed by atoms with Crippen LogP contribution in [0.1, 0.15) is 15.9 Å². The van der Waals surface area contributed by atoms with E-state index in [0.717, 1.165) is 0 Å². The number of nitrogen functional groups attached to an aromatic ring is 1. The number of aromatic nitrogens is 2. The van der Waals surface area contributed by atoms with Crippen LogP contribution in [0.3, 0.4) is 0 Å². The molecule has 0 saturated carbocycles. The monoisotopic (exact) mass is 297 g/mol. The van der Waals surface area contributed by atoms with Gasteiger partial charge in [-0.2, -0.15) is 5.10 Å². The summed E-state index contributed by atoms with van der Waals surface area (Å²) in [6.07, 6.45) is 1.45. The molecule has 1 heterocycles. The standard InChI is InChI=1S/C11H9BrFN3O/c12-7-1-6(2-8(13)4-7)3-10(17)9-5-15-16-11(9)14/h1-2,4-5H,3H2,(H3,14,15,16). The van der Waals surface area contributed by atoms with Gasteiger partial charge in [-0.25, -0.2) is 4.39 Å². The fourth-order valence-corrected chi connectivity index (χ4v) is 2.02. The molecular weight excluding hydrogens is 289 g/mol. The number of H-pyrrole nitrogens is 1. The first kappa shape index (κ1) is 11.8. The van der Waals surface area contributed by atoms with E-state index in [1.54, 1.807) is 6.07 Å². The maximum atomic E-state index is 13.1. The lowest BCUT2D eigenvalue weighted by atomic mass is 10.1. The van der Waals surface area contributed by atoms with E-state index in [9.17, 15) is 9.18 Å². The van der Waals surface area contributed by atoms with Gasteiger partial charge in [-0.3, -0.25) is 9.89 Å². The molecule has 0 unspecified atom stereocenters. The summed E-state index contributed by atoms with van der Waals surface area (Å²) < 4.78 is 13.7. The van der Waals surface area contributed by atoms with Gasteiger partial charge in [0.2, 0.25) is 0 Å². The lowest BCUT2D eigenvalue weighted by Gasteiger charge is -2.01. The van der Waals surface area contributed by atoms with Crippen LogP contribution in [0.4, 0.5) is 10.2 Å². The predicted octanol–water partition coefficient (Wildman–Crippen LogP) is 2.32. The minimum Gasteiger partial charge on any atom is -0.383 e. The Labute approximate surface area is 105 Å². The lowest BCUT2D eigenvalue weighted by molar-refractivity contribution is 0.0994. The maximum Gasteiger partial charge on any atom is 0.172 e. The Morgan fingerprint density at radius 1 is 1.47 bits per heavy atom. The average Bonchev–Trinajstić information content (AvgIpc) is 2.62. The number of hydrogen-bond donors (Lipinski definition) is 2. The van der Waals surface area contributed by atoms with Gasteiger partial charge in [0.15, 0.2) is 5.78 Å². The number of rotatable bonds is 3. The van der Waals surface area contributed by atoms with E-state index >= 15 is 0 Å². The molecule has 3 N–H and O–H groups in total. The van der Waals surface area contributed by atoms with Gasteiger partial charge in [-0.05, 0) is 23.8 Å². The van der Waals surface area contributed by atoms with Gasteiger partial charge in [0, 0.05) is 10.9 Å². The maximum absolute atomic E-state index is 13.1. The van der Waals surface area contributed by atoms with Crippen molar-refractivity contribution in [2.45, 2.75) is 6.42 Å². The van der Waals surface area contributed by atoms with Crippen LogP contribution in [-0.4, -0.2) is 16.0 Å². The topological polar surface area (TPSA) is 71.8 Å². The van der Waals surface area contributed by atoms with E-state index in [1.165, 1.54) is 18.3 Å². The van der Waals surface area contributed by atoms with Crippen LogP contribution in [0.5, 0.6) is 0 Å². The molecule has 88 valence electrons. The Morgan fingerprint density at radius 3 is 2.82 bits per heavy atom. The van der Waals surface area contributed by atoms with Gasteiger partial charge in [-0.1, -0.05) is 15.9 Å². The first-order valence-electron chi connectivity index (χ1n) is 4.83. The highest BCUT2D eigenvalue weighted by molar-refractivity contribution is 9.10. The van der Waals surface area contributed by atoms with E-state index < -0.39 is 0 Å². The second-order valence-corrected chi connectivity index (χ2v) is 4.49. The Kier molecular flexibility index (Phi) is 3.23. The smallest absolute Gasteiger partial charge is 0.172 e. The Morgan fingerprint density at radius 2 is 2.24 bits per heavy atom. The molecule has 0 aliphatic carbocycles. The quantitative estimate of drug-likeness (QED) is 0.854. The minimum atomic E-state index is -0.387. The number of halogens is 2. The molecule has 6 heteroatoms. The molecule has 0 amide bonds. The molecule has 1 aromatic heterocycles. The number of aromatic amines is 1. The van der Waals surface area contributed by atoms with Gasteiger partial charge >= 0.3 is 0 Å². The van der Waals surface area contributed by atoms with Crippen LogP contribution in [-0.2, 0) is 6.42 Å². The van der Waals surface area contributed by atoms with Crippen LogP contribution < -0.4 is 5.73 Å². The predicted molar refractivity (Wildman–Crippen MR) is 65.1 cm³/mol. The zero-order valence-corrected chi connectivity index (χ0v) is 10.3. The molecule has 0 fully saturated rings. The number of carbonyl (C=O) groups excluding carboxylic acids is 1. The van der Waals surface area contributed by atoms with Crippen molar-refractivity contribution < 1.29 is 9.18 Å². The highest BCUT2D eigenvalue weighted by Gasteiger charge is 2.13. The zero-order chi connectivity index (χ0) is 12.4. The molecule has 17 heavy (non-hydrogen) atoms. The van der Waals surface area contributed by atoms with Gasteiger partial charge in [-0.15, -0.1) is 0 Å². The summed E-state index contributed by atoms with van der Waals surface area (Å²) in [5, 5.41) is 6.15. The number of nitrogens with zero attached hydrogens (tertiary/aromatic N) is 1. The molecule has 2 aromatic rings. The van der Waals surface area contributed by atoms with E-state index in [4.69, 9.17) is 5.73 Å². The molecule has 0 bridgehead atoms. The second kappa shape index (κ2) is 4.67. The number of ketones is 1. The Balaban J connectivity index is 2.21. The van der Waals surface area contributed by atoms with Crippen LogP contribution >= 0.6 is 15.9 Å². The molecule has 0 aliphatic rings. The molecule has 0 atom stereocenters. The molecular formula is C11H9BrFN3O. The SMILES string of the molecule is Nc1[nH]ncc1C(=O)Cc1cc(F)cc(Br)c1. The molecule has 4 nitrogen and oxygen atoms in total. The minimum absolute atomic E-state index is 0.0834. The highest BCUT2D eigenvalue weighted by atomic mass is 79.9. The summed E-state index contributed by atoms with van der Waals surface area (Å²) in [4.78, 5) is 11.8. The Hall–Kier alpha value is -1.69. The summed E-state index contributed by atoms with van der Waals surface area (Å²) in [6, 6.07) is 4.34. The van der Waals surface area contributed by atoms with Crippen molar-refractivity contribution in [3.05, 3.63) is 45.8 Å². The highest BCUT2D eigenvalue weighted by Crippen LogP contribution is 2.17. The molecule has 0 saturated heterocycles. The summed E-state index contributed by atoms with van der Waals surface area (Å²) >= 11 is 3.17. The fraction of sp³-hybridized carbons (Fsp3) is 0.0909. The van der Waals surface area contributed by atoms with Gasteiger partial charge in [0.1, 0.15) is 11.6 Å². The summed E-state index contributed by atoms with van der Waals surface area (Å²) in [7, 11) is 0. The van der Waals surface area contributed by atoms with Crippen molar-refractivity contribution in [1.82, 2.24) is 10.2 Å². The average molecular weight is 298 g/mol. The third-order valence-electron chi connectivity index (χ3n) is 2.26. The number of anilines is 1. The van der Waals surface area contributed by atoms with Crippen LogP contribution in [0.15, 0.2) is 28.9 Å². The normalized spacial score (nSPS) is 10.5. The van der Waals surface area contributed by atoms with E-state index in [1.807, 2.05) is 0 Å². The summed E-state index contributed by atoms with van der Waals surface area (Å²) in [5.41, 5.74) is 6.44. The summed E-state index contributed by atoms with van der Waals surface area (Å²) in [5.74, 6) is -0.360. The first-order valence-corrected chi connectivity index (χ1v) is 5.62. The van der Waals surface area contributed by atoms with Crippen molar-refractivity contribution >= 4 is 27.5 Å². The first-order chi connectivity index (χ1) is 8.06. The summed E-state index contributed by atoms with van der Waals surface area (Å²) in [6.45, 7) is 0. The van der Waals surface area contributed by atoms with Crippen molar-refractivity contribution in [3.8, 4) is 0 Å². The number of nitrogens with two attached hydrogens (primary N) is 1. The van der Waals surface area contributed by atoms with Gasteiger partial charge in [0.05, 0.1) is 11.8 Å². The number of Topliss-reactive ketones (excluding diaryl/α,β-unsaturated/α-hetero) is 1. The third kappa shape index (κ3) is 2.71. The molecule has 2 rings (SSSR count). The number of nitrogens with one attached hydrogen (secondary N) is 1. The number of carbonyl (C=O) groups is 1. The Bertz CT molecular complexity index is 547. The van der Waals surface area contributed by atoms with Gasteiger partial charge < -0.3 is 5.73 Å². The molecule has 1 aromatic carbocycles. The van der Waals surface area contributed by atoms with Crippen molar-refractivity contribution in [2.75, 3.05) is 5.73 Å². The van der Waals surface area contributed by atoms with E-state index in [-0.39, 0.29) is 23.8 Å². The van der Waals surface area contributed by atoms with Crippen molar-refractivity contribution in [3.63, 3.8) is 0 Å². The molecule has 0 radical (unpaired) electrons. The lowest BCUT2D eigenvalue weighted by Crippen LogP contribution is -2.05. The van der Waals surface area contributed by atoms with Crippen molar-refractivity contribution in [1.29, 1.82) is 0 Å². The van der Waals surface area contributed by atoms with E-state index in [2.05, 4.69) is 26.1 Å². The largest absolute Gasteiger partial charge is 0.383 e. The number of hydrogen-bond acceptors (Lipinski definition) is 3. The molecule has 0 spiro atoms. The van der Waals surface area contributed by atoms with Gasteiger partial charge in [0.25, 0.3) is 0 Å².